The van der Waals surface area contributed by atoms with E-state index < -0.39 is 24.3 Å². The van der Waals surface area contributed by atoms with Gasteiger partial charge in [-0.05, 0) is 66.9 Å². The average Bonchev–Trinajstić information content (AvgIpc) is 3.00. The van der Waals surface area contributed by atoms with Crippen LogP contribution >= 0.6 is 0 Å². The molecule has 1 aliphatic heterocycles. The zero-order valence-electron chi connectivity index (χ0n) is 23.6. The van der Waals surface area contributed by atoms with Crippen LogP contribution in [0.15, 0.2) is 89.2 Å². The predicted octanol–water partition coefficient (Wildman–Crippen LogP) is 3.79. The largest absolute Gasteiger partial charge is 0.490 e. The average molecular weight is 575 g/mol. The first-order chi connectivity index (χ1) is 20.4. The van der Waals surface area contributed by atoms with E-state index in [4.69, 9.17) is 18.9 Å². The SMILES string of the molecule is CCOc1cc([C@H]2NC(=O)NC(C)=C2C(=O)OC)ccc1OC[C@@H](O)N/N=C\c1ccc(OCc2ccccc2)cc1. The second-order valence-electron chi connectivity index (χ2n) is 9.26. The van der Waals surface area contributed by atoms with Crippen molar-refractivity contribution in [1.82, 2.24) is 16.1 Å². The Labute approximate surface area is 244 Å². The van der Waals surface area contributed by atoms with Crippen molar-refractivity contribution in [2.24, 2.45) is 5.10 Å². The van der Waals surface area contributed by atoms with Gasteiger partial charge in [-0.25, -0.2) is 9.59 Å². The second kappa shape index (κ2) is 14.6. The molecule has 4 rings (SSSR count). The molecule has 3 aromatic carbocycles. The first-order valence-electron chi connectivity index (χ1n) is 13.4. The highest BCUT2D eigenvalue weighted by atomic mass is 16.5. The Balaban J connectivity index is 1.33. The van der Waals surface area contributed by atoms with Crippen molar-refractivity contribution in [3.05, 3.63) is 101 Å². The highest BCUT2D eigenvalue weighted by molar-refractivity contribution is 5.95. The quantitative estimate of drug-likeness (QED) is 0.105. The Morgan fingerprint density at radius 1 is 1.05 bits per heavy atom. The van der Waals surface area contributed by atoms with Gasteiger partial charge in [0, 0.05) is 5.70 Å². The Bertz CT molecular complexity index is 1420. The van der Waals surface area contributed by atoms with Gasteiger partial charge in [0.05, 0.1) is 31.5 Å². The Kier molecular flexibility index (Phi) is 10.4. The lowest BCUT2D eigenvalue weighted by atomic mass is 9.95. The number of ether oxygens (including phenoxy) is 4. The molecule has 0 aliphatic carbocycles. The summed E-state index contributed by atoms with van der Waals surface area (Å²) in [7, 11) is 1.28. The molecule has 0 aromatic heterocycles. The molecule has 0 unspecified atom stereocenters. The van der Waals surface area contributed by atoms with Crippen LogP contribution in [0.3, 0.4) is 0 Å². The van der Waals surface area contributed by atoms with Crippen molar-refractivity contribution < 1.29 is 33.6 Å². The van der Waals surface area contributed by atoms with Crippen LogP contribution < -0.4 is 30.3 Å². The summed E-state index contributed by atoms with van der Waals surface area (Å²) in [5, 5.41) is 19.8. The molecule has 0 saturated heterocycles. The van der Waals surface area contributed by atoms with Crippen molar-refractivity contribution in [2.75, 3.05) is 20.3 Å². The second-order valence-corrected chi connectivity index (χ2v) is 9.26. The van der Waals surface area contributed by atoms with Crippen LogP contribution in [0.1, 0.15) is 36.6 Å². The number of methoxy groups -OCH3 is 1. The first kappa shape index (κ1) is 29.9. The van der Waals surface area contributed by atoms with Crippen molar-refractivity contribution >= 4 is 18.2 Å². The van der Waals surface area contributed by atoms with Crippen molar-refractivity contribution in [1.29, 1.82) is 0 Å². The van der Waals surface area contributed by atoms with Gasteiger partial charge in [0.25, 0.3) is 0 Å². The number of benzene rings is 3. The van der Waals surface area contributed by atoms with Crippen LogP contribution in [0.4, 0.5) is 4.79 Å². The molecule has 0 radical (unpaired) electrons. The van der Waals surface area contributed by atoms with Crippen LogP contribution in [0, 0.1) is 0 Å². The molecule has 0 fully saturated rings. The van der Waals surface area contributed by atoms with Crippen LogP contribution in [0.25, 0.3) is 0 Å². The van der Waals surface area contributed by atoms with Gasteiger partial charge in [-0.3, -0.25) is 5.43 Å². The smallest absolute Gasteiger partial charge is 0.337 e. The number of allylic oxidation sites excluding steroid dienone is 1. The third kappa shape index (κ3) is 8.01. The number of carbonyl (C=O) groups is 2. The first-order valence-corrected chi connectivity index (χ1v) is 13.4. The van der Waals surface area contributed by atoms with Crippen molar-refractivity contribution in [3.63, 3.8) is 0 Å². The third-order valence-electron chi connectivity index (χ3n) is 6.24. The van der Waals surface area contributed by atoms with Crippen molar-refractivity contribution in [2.45, 2.75) is 32.7 Å². The molecule has 1 heterocycles. The molecule has 11 nitrogen and oxygen atoms in total. The minimum absolute atomic E-state index is 0.125. The van der Waals surface area contributed by atoms with Gasteiger partial charge < -0.3 is 34.7 Å². The number of nitrogens with one attached hydrogen (secondary N) is 3. The van der Waals surface area contributed by atoms with E-state index in [0.717, 1.165) is 16.9 Å². The molecule has 2 atom stereocenters. The molecule has 4 N–H and O–H groups in total. The lowest BCUT2D eigenvalue weighted by molar-refractivity contribution is -0.136. The number of carbonyl (C=O) groups excluding carboxylic acids is 2. The lowest BCUT2D eigenvalue weighted by Crippen LogP contribution is -2.45. The molecule has 0 spiro atoms. The number of rotatable bonds is 13. The standard InChI is InChI=1S/C31H34N4O7/c1-4-40-26-16-23(29-28(30(37)39-3)20(2)33-31(38)34-29)12-15-25(26)42-19-27(36)35-32-17-21-10-13-24(14-11-21)41-18-22-8-6-5-7-9-22/h5-17,27,29,35-36H,4,18-19H2,1-3H3,(H2,33,34,38)/b32-17-/t27-,29-/m1/s1. The maximum Gasteiger partial charge on any atom is 0.337 e. The molecule has 2 amide bonds. The van der Waals surface area contributed by atoms with Crippen LogP contribution in [-0.4, -0.2) is 49.9 Å². The Hall–Kier alpha value is -5.03. The summed E-state index contributed by atoms with van der Waals surface area (Å²) < 4.78 is 22.2. The van der Waals surface area contributed by atoms with Gasteiger partial charge >= 0.3 is 12.0 Å². The topological polar surface area (TPSA) is 140 Å². The number of aliphatic hydroxyl groups is 1. The molecule has 11 heteroatoms. The van der Waals surface area contributed by atoms with Crippen LogP contribution in [-0.2, 0) is 16.1 Å². The highest BCUT2D eigenvalue weighted by Crippen LogP contribution is 2.34. The zero-order chi connectivity index (χ0) is 29.9. The fourth-order valence-electron chi connectivity index (χ4n) is 4.21. The van der Waals surface area contributed by atoms with E-state index in [-0.39, 0.29) is 12.2 Å². The number of aliphatic hydroxyl groups excluding tert-OH is 1. The fraction of sp³-hybridized carbons (Fsp3) is 0.258. The van der Waals surface area contributed by atoms with E-state index in [1.54, 1.807) is 31.3 Å². The molecule has 1 aliphatic rings. The van der Waals surface area contributed by atoms with E-state index in [2.05, 4.69) is 21.2 Å². The summed E-state index contributed by atoms with van der Waals surface area (Å²) in [6.07, 6.45) is 0.468. The summed E-state index contributed by atoms with van der Waals surface area (Å²) in [6.45, 7) is 4.15. The van der Waals surface area contributed by atoms with E-state index >= 15 is 0 Å². The van der Waals surface area contributed by atoms with E-state index in [0.29, 0.717) is 36.0 Å². The normalized spacial score (nSPS) is 15.4. The minimum Gasteiger partial charge on any atom is -0.490 e. The van der Waals surface area contributed by atoms with Crippen molar-refractivity contribution in [3.8, 4) is 17.2 Å². The van der Waals surface area contributed by atoms with E-state index in [9.17, 15) is 14.7 Å². The summed E-state index contributed by atoms with van der Waals surface area (Å²) in [4.78, 5) is 24.5. The van der Waals surface area contributed by atoms with E-state index in [1.807, 2.05) is 61.5 Å². The van der Waals surface area contributed by atoms with Gasteiger partial charge in [0.1, 0.15) is 19.0 Å². The lowest BCUT2D eigenvalue weighted by Gasteiger charge is -2.28. The summed E-state index contributed by atoms with van der Waals surface area (Å²) in [6, 6.07) is 21.2. The van der Waals surface area contributed by atoms with Gasteiger partial charge in [0.2, 0.25) is 0 Å². The number of esters is 1. The molecular formula is C31H34N4O7. The highest BCUT2D eigenvalue weighted by Gasteiger charge is 2.32. The van der Waals surface area contributed by atoms with E-state index in [1.165, 1.54) is 7.11 Å². The predicted molar refractivity (Wildman–Crippen MR) is 156 cm³/mol. The number of amides is 2. The van der Waals surface area contributed by atoms with Gasteiger partial charge in [0.15, 0.2) is 17.7 Å². The fourth-order valence-corrected chi connectivity index (χ4v) is 4.21. The number of hydrogen-bond acceptors (Lipinski definition) is 9. The summed E-state index contributed by atoms with van der Waals surface area (Å²) in [5.74, 6) is 0.932. The number of hydrazone groups is 1. The molecule has 42 heavy (non-hydrogen) atoms. The Morgan fingerprint density at radius 3 is 2.52 bits per heavy atom. The summed E-state index contributed by atoms with van der Waals surface area (Å²) in [5.41, 5.74) is 5.81. The Morgan fingerprint density at radius 2 is 1.81 bits per heavy atom. The monoisotopic (exact) mass is 574 g/mol. The number of nitrogens with zero attached hydrogens (tertiary/aromatic N) is 1. The summed E-state index contributed by atoms with van der Waals surface area (Å²) >= 11 is 0. The number of urea groups is 1. The van der Waals surface area contributed by atoms with Crippen LogP contribution in [0.2, 0.25) is 0 Å². The minimum atomic E-state index is -1.11. The van der Waals surface area contributed by atoms with Gasteiger partial charge in [-0.2, -0.15) is 5.10 Å². The van der Waals surface area contributed by atoms with Gasteiger partial charge in [-0.15, -0.1) is 0 Å². The molecule has 0 saturated carbocycles. The molecular weight excluding hydrogens is 540 g/mol. The molecule has 220 valence electrons. The third-order valence-corrected chi connectivity index (χ3v) is 6.24. The maximum absolute atomic E-state index is 12.4. The molecule has 0 bridgehead atoms. The molecule has 3 aromatic rings. The zero-order valence-corrected chi connectivity index (χ0v) is 23.6. The van der Waals surface area contributed by atoms with Gasteiger partial charge in [-0.1, -0.05) is 36.4 Å². The van der Waals surface area contributed by atoms with Crippen LogP contribution in [0.5, 0.6) is 17.2 Å². The maximum atomic E-state index is 12.4. The number of hydrogen-bond donors (Lipinski definition) is 4.